The fraction of sp³-hybridized carbons (Fsp3) is 1.00. The smallest absolute Gasteiger partial charge is 0.0478 e. The van der Waals surface area contributed by atoms with Crippen molar-refractivity contribution >= 4 is 0 Å². The van der Waals surface area contributed by atoms with Crippen LogP contribution in [0.25, 0.3) is 0 Å². The highest BCUT2D eigenvalue weighted by Gasteiger charge is 2.13. The highest BCUT2D eigenvalue weighted by molar-refractivity contribution is 4.69. The zero-order chi connectivity index (χ0) is 10.1. The first-order valence-corrected chi connectivity index (χ1v) is 6.22. The summed E-state index contributed by atoms with van der Waals surface area (Å²) in [5, 5.41) is 3.52. The summed E-state index contributed by atoms with van der Waals surface area (Å²) >= 11 is 0. The number of rotatable bonds is 8. The summed E-state index contributed by atoms with van der Waals surface area (Å²) in [6.07, 6.45) is 8.08. The largest absolute Gasteiger partial charge is 0.381 e. The number of nitrogens with one attached hydrogen (secondary N) is 1. The van der Waals surface area contributed by atoms with Crippen molar-refractivity contribution in [3.8, 4) is 0 Å². The maximum absolute atomic E-state index is 5.41. The minimum absolute atomic E-state index is 0.919. The quantitative estimate of drug-likeness (QED) is 0.607. The van der Waals surface area contributed by atoms with Gasteiger partial charge in [0.15, 0.2) is 0 Å². The van der Waals surface area contributed by atoms with E-state index < -0.39 is 0 Å². The van der Waals surface area contributed by atoms with Gasteiger partial charge in [-0.05, 0) is 44.7 Å². The molecular weight excluding hydrogens is 174 g/mol. The van der Waals surface area contributed by atoms with Crippen molar-refractivity contribution in [1.82, 2.24) is 5.32 Å². The third-order valence-electron chi connectivity index (χ3n) is 2.90. The highest BCUT2D eigenvalue weighted by Crippen LogP contribution is 2.23. The van der Waals surface area contributed by atoms with Gasteiger partial charge in [0.25, 0.3) is 0 Å². The van der Waals surface area contributed by atoms with Gasteiger partial charge in [-0.2, -0.15) is 0 Å². The Hall–Kier alpha value is -0.0800. The fourth-order valence-electron chi connectivity index (χ4n) is 2.07. The maximum Gasteiger partial charge on any atom is 0.0478 e. The molecule has 1 aliphatic carbocycles. The van der Waals surface area contributed by atoms with E-state index in [1.54, 1.807) is 0 Å². The summed E-state index contributed by atoms with van der Waals surface area (Å²) in [6, 6.07) is 0. The lowest BCUT2D eigenvalue weighted by Gasteiger charge is -2.10. The molecular formula is C12H25NO. The van der Waals surface area contributed by atoms with Gasteiger partial charge in [-0.1, -0.05) is 19.8 Å². The van der Waals surface area contributed by atoms with Crippen molar-refractivity contribution in [2.24, 2.45) is 5.92 Å². The van der Waals surface area contributed by atoms with Gasteiger partial charge in [0.2, 0.25) is 0 Å². The molecule has 0 atom stereocenters. The molecule has 1 saturated carbocycles. The van der Waals surface area contributed by atoms with Crippen molar-refractivity contribution in [3.05, 3.63) is 0 Å². The normalized spacial score (nSPS) is 17.8. The van der Waals surface area contributed by atoms with Crippen LogP contribution in [-0.4, -0.2) is 26.3 Å². The Kier molecular flexibility index (Phi) is 7.06. The van der Waals surface area contributed by atoms with Crippen LogP contribution in [0.15, 0.2) is 0 Å². The number of hydrogen-bond donors (Lipinski definition) is 1. The standard InChI is InChI=1S/C12H25NO/c1-2-9-14-10-5-8-13-11-12-6-3-4-7-12/h12-13H,2-11H2,1H3. The summed E-state index contributed by atoms with van der Waals surface area (Å²) in [5.74, 6) is 0.964. The molecule has 1 rings (SSSR count). The van der Waals surface area contributed by atoms with Gasteiger partial charge in [0.05, 0.1) is 0 Å². The van der Waals surface area contributed by atoms with Crippen LogP contribution in [-0.2, 0) is 4.74 Å². The zero-order valence-corrected chi connectivity index (χ0v) is 9.56. The molecule has 0 aromatic rings. The SMILES string of the molecule is CCCOCCCNCC1CCCC1. The summed E-state index contributed by atoms with van der Waals surface area (Å²) in [6.45, 7) is 6.35. The first-order chi connectivity index (χ1) is 6.93. The molecule has 2 nitrogen and oxygen atoms in total. The Balaban J connectivity index is 1.75. The molecule has 14 heavy (non-hydrogen) atoms. The summed E-state index contributed by atoms with van der Waals surface area (Å²) < 4.78 is 5.41. The van der Waals surface area contributed by atoms with Crippen LogP contribution >= 0.6 is 0 Å². The van der Waals surface area contributed by atoms with E-state index in [2.05, 4.69) is 12.2 Å². The lowest BCUT2D eigenvalue weighted by Crippen LogP contribution is -2.23. The van der Waals surface area contributed by atoms with Gasteiger partial charge in [0, 0.05) is 13.2 Å². The summed E-state index contributed by atoms with van der Waals surface area (Å²) in [4.78, 5) is 0. The van der Waals surface area contributed by atoms with Crippen molar-refractivity contribution in [3.63, 3.8) is 0 Å². The predicted octanol–water partition coefficient (Wildman–Crippen LogP) is 2.58. The van der Waals surface area contributed by atoms with Gasteiger partial charge < -0.3 is 10.1 Å². The minimum Gasteiger partial charge on any atom is -0.381 e. The van der Waals surface area contributed by atoms with Gasteiger partial charge in [-0.3, -0.25) is 0 Å². The van der Waals surface area contributed by atoms with E-state index in [9.17, 15) is 0 Å². The van der Waals surface area contributed by atoms with Gasteiger partial charge in [-0.15, -0.1) is 0 Å². The molecule has 0 aromatic heterocycles. The monoisotopic (exact) mass is 199 g/mol. The Labute approximate surface area is 88.4 Å². The van der Waals surface area contributed by atoms with E-state index in [1.165, 1.54) is 32.2 Å². The van der Waals surface area contributed by atoms with E-state index in [-0.39, 0.29) is 0 Å². The molecule has 0 spiro atoms. The molecule has 0 saturated heterocycles. The molecule has 0 aromatic carbocycles. The van der Waals surface area contributed by atoms with Crippen molar-refractivity contribution < 1.29 is 4.74 Å². The molecule has 0 heterocycles. The Morgan fingerprint density at radius 2 is 2.00 bits per heavy atom. The molecule has 0 unspecified atom stereocenters. The van der Waals surface area contributed by atoms with Crippen LogP contribution in [0, 0.1) is 5.92 Å². The Morgan fingerprint density at radius 1 is 1.21 bits per heavy atom. The summed E-state index contributed by atoms with van der Waals surface area (Å²) in [7, 11) is 0. The van der Waals surface area contributed by atoms with Crippen LogP contribution < -0.4 is 5.32 Å². The molecule has 1 N–H and O–H groups in total. The van der Waals surface area contributed by atoms with Gasteiger partial charge >= 0.3 is 0 Å². The van der Waals surface area contributed by atoms with E-state index in [0.29, 0.717) is 0 Å². The van der Waals surface area contributed by atoms with Crippen LogP contribution in [0.2, 0.25) is 0 Å². The lowest BCUT2D eigenvalue weighted by atomic mass is 10.1. The first-order valence-electron chi connectivity index (χ1n) is 6.22. The molecule has 0 radical (unpaired) electrons. The number of ether oxygens (including phenoxy) is 1. The molecule has 0 amide bonds. The van der Waals surface area contributed by atoms with Crippen LogP contribution in [0.3, 0.4) is 0 Å². The summed E-state index contributed by atoms with van der Waals surface area (Å²) in [5.41, 5.74) is 0. The molecule has 0 aliphatic heterocycles. The lowest BCUT2D eigenvalue weighted by molar-refractivity contribution is 0.132. The van der Waals surface area contributed by atoms with E-state index in [1.807, 2.05) is 0 Å². The average molecular weight is 199 g/mol. The molecule has 1 aliphatic rings. The van der Waals surface area contributed by atoms with Crippen molar-refractivity contribution in [2.45, 2.75) is 45.4 Å². The second-order valence-electron chi connectivity index (χ2n) is 4.32. The highest BCUT2D eigenvalue weighted by atomic mass is 16.5. The van der Waals surface area contributed by atoms with Crippen LogP contribution in [0.4, 0.5) is 0 Å². The second kappa shape index (κ2) is 8.25. The maximum atomic E-state index is 5.41. The van der Waals surface area contributed by atoms with E-state index >= 15 is 0 Å². The molecule has 0 bridgehead atoms. The van der Waals surface area contributed by atoms with Crippen LogP contribution in [0.1, 0.15) is 45.4 Å². The van der Waals surface area contributed by atoms with Crippen LogP contribution in [0.5, 0.6) is 0 Å². The average Bonchev–Trinajstić information content (AvgIpc) is 2.69. The minimum atomic E-state index is 0.919. The molecule has 2 heteroatoms. The van der Waals surface area contributed by atoms with Gasteiger partial charge in [0.1, 0.15) is 0 Å². The third-order valence-corrected chi connectivity index (χ3v) is 2.90. The van der Waals surface area contributed by atoms with Crippen molar-refractivity contribution in [2.75, 3.05) is 26.3 Å². The van der Waals surface area contributed by atoms with E-state index in [4.69, 9.17) is 4.74 Å². The topological polar surface area (TPSA) is 21.3 Å². The van der Waals surface area contributed by atoms with E-state index in [0.717, 1.165) is 38.5 Å². The third kappa shape index (κ3) is 5.61. The molecule has 84 valence electrons. The van der Waals surface area contributed by atoms with Crippen molar-refractivity contribution in [1.29, 1.82) is 0 Å². The number of hydrogen-bond acceptors (Lipinski definition) is 2. The van der Waals surface area contributed by atoms with Gasteiger partial charge in [-0.25, -0.2) is 0 Å². The predicted molar refractivity (Wildman–Crippen MR) is 60.6 cm³/mol. The molecule has 1 fully saturated rings. The fourth-order valence-corrected chi connectivity index (χ4v) is 2.07. The second-order valence-corrected chi connectivity index (χ2v) is 4.32. The first kappa shape index (κ1) is 12.0. The Morgan fingerprint density at radius 3 is 2.71 bits per heavy atom. The zero-order valence-electron chi connectivity index (χ0n) is 9.56. The Bertz CT molecular complexity index is 121.